The second-order valence-electron chi connectivity index (χ2n) is 5.92. The molecule has 0 spiro atoms. The van der Waals surface area contributed by atoms with Gasteiger partial charge in [-0.25, -0.2) is 4.79 Å². The van der Waals surface area contributed by atoms with Gasteiger partial charge in [0.1, 0.15) is 11.3 Å². The average molecular weight is 337 g/mol. The van der Waals surface area contributed by atoms with Crippen LogP contribution in [0.4, 0.5) is 0 Å². The van der Waals surface area contributed by atoms with Crippen LogP contribution in [0.25, 0.3) is 10.9 Å². The predicted molar refractivity (Wildman–Crippen MR) is 96.6 cm³/mol. The van der Waals surface area contributed by atoms with Crippen molar-refractivity contribution in [2.45, 2.75) is 19.9 Å². The molecule has 2 aromatic carbocycles. The highest BCUT2D eigenvalue weighted by Crippen LogP contribution is 2.19. The Kier molecular flexibility index (Phi) is 4.57. The quantitative estimate of drug-likeness (QED) is 0.776. The second kappa shape index (κ2) is 6.81. The van der Waals surface area contributed by atoms with Gasteiger partial charge in [-0.05, 0) is 54.1 Å². The molecule has 0 radical (unpaired) electrons. The van der Waals surface area contributed by atoms with E-state index in [2.05, 4.69) is 0 Å². The number of pyridine rings is 1. The molecule has 0 aliphatic rings. The smallest absolute Gasteiger partial charge is 0.341 e. The number of hydrogen-bond acceptors (Lipinski definition) is 3. The maximum absolute atomic E-state index is 12.6. The SMILES string of the molecule is COc1ccc(CCn2c(=O)c(C(=O)O)cc3ccccc32)c(C)c1. The van der Waals surface area contributed by atoms with Crippen molar-refractivity contribution < 1.29 is 14.6 Å². The Bertz CT molecular complexity index is 1000. The first kappa shape index (κ1) is 16.8. The van der Waals surface area contributed by atoms with Gasteiger partial charge in [0.15, 0.2) is 0 Å². The molecule has 0 fully saturated rings. The van der Waals surface area contributed by atoms with Gasteiger partial charge in [0.2, 0.25) is 0 Å². The summed E-state index contributed by atoms with van der Waals surface area (Å²) in [7, 11) is 1.62. The number of aromatic carboxylic acids is 1. The number of nitrogens with zero attached hydrogens (tertiary/aromatic N) is 1. The van der Waals surface area contributed by atoms with E-state index in [0.29, 0.717) is 13.0 Å². The molecule has 25 heavy (non-hydrogen) atoms. The van der Waals surface area contributed by atoms with Crippen molar-refractivity contribution >= 4 is 16.9 Å². The van der Waals surface area contributed by atoms with Crippen LogP contribution in [0.1, 0.15) is 21.5 Å². The molecule has 3 aromatic rings. The number of carboxylic acids is 1. The lowest BCUT2D eigenvalue weighted by Gasteiger charge is -2.13. The fourth-order valence-corrected chi connectivity index (χ4v) is 3.01. The van der Waals surface area contributed by atoms with E-state index >= 15 is 0 Å². The molecule has 0 amide bonds. The van der Waals surface area contributed by atoms with Gasteiger partial charge in [0, 0.05) is 6.54 Å². The molecule has 128 valence electrons. The molecule has 0 saturated heterocycles. The van der Waals surface area contributed by atoms with E-state index in [0.717, 1.165) is 27.8 Å². The summed E-state index contributed by atoms with van der Waals surface area (Å²) in [5.74, 6) is -0.415. The van der Waals surface area contributed by atoms with E-state index < -0.39 is 11.5 Å². The summed E-state index contributed by atoms with van der Waals surface area (Å²) in [5.41, 5.74) is 2.23. The van der Waals surface area contributed by atoms with E-state index in [1.807, 2.05) is 49.4 Å². The number of aryl methyl sites for hydroxylation is 3. The fraction of sp³-hybridized carbons (Fsp3) is 0.200. The van der Waals surface area contributed by atoms with E-state index in [1.165, 1.54) is 6.07 Å². The van der Waals surface area contributed by atoms with Gasteiger partial charge in [-0.2, -0.15) is 0 Å². The molecule has 0 saturated carbocycles. The summed E-state index contributed by atoms with van der Waals surface area (Å²) in [5, 5.41) is 10.1. The van der Waals surface area contributed by atoms with Crippen LogP contribution in [0.15, 0.2) is 53.3 Å². The van der Waals surface area contributed by atoms with Crippen molar-refractivity contribution in [2.75, 3.05) is 7.11 Å². The normalized spacial score (nSPS) is 10.8. The van der Waals surface area contributed by atoms with Crippen LogP contribution >= 0.6 is 0 Å². The van der Waals surface area contributed by atoms with Crippen molar-refractivity contribution in [3.8, 4) is 5.75 Å². The van der Waals surface area contributed by atoms with Crippen LogP contribution in [-0.4, -0.2) is 22.8 Å². The lowest BCUT2D eigenvalue weighted by molar-refractivity contribution is 0.0694. The fourth-order valence-electron chi connectivity index (χ4n) is 3.01. The summed E-state index contributed by atoms with van der Waals surface area (Å²) < 4.78 is 6.76. The number of hydrogen-bond donors (Lipinski definition) is 1. The maximum Gasteiger partial charge on any atom is 0.341 e. The summed E-state index contributed by atoms with van der Waals surface area (Å²) in [6, 6.07) is 14.6. The number of ether oxygens (including phenoxy) is 1. The van der Waals surface area contributed by atoms with E-state index in [-0.39, 0.29) is 5.56 Å². The molecule has 3 rings (SSSR count). The third-order valence-electron chi connectivity index (χ3n) is 4.39. The molecular formula is C20H19NO4. The van der Waals surface area contributed by atoms with Crippen molar-refractivity contribution in [1.82, 2.24) is 4.57 Å². The minimum absolute atomic E-state index is 0.204. The summed E-state index contributed by atoms with van der Waals surface area (Å²) in [6.07, 6.45) is 0.628. The topological polar surface area (TPSA) is 68.5 Å². The monoisotopic (exact) mass is 337 g/mol. The molecule has 0 aliphatic heterocycles. The van der Waals surface area contributed by atoms with Crippen LogP contribution in [-0.2, 0) is 13.0 Å². The third kappa shape index (κ3) is 3.26. The predicted octanol–water partition coefficient (Wildman–Crippen LogP) is 3.26. The molecule has 0 atom stereocenters. The van der Waals surface area contributed by atoms with Gasteiger partial charge < -0.3 is 14.4 Å². The first-order valence-corrected chi connectivity index (χ1v) is 8.00. The minimum Gasteiger partial charge on any atom is -0.497 e. The lowest BCUT2D eigenvalue weighted by atomic mass is 10.0. The van der Waals surface area contributed by atoms with Crippen molar-refractivity contribution in [3.05, 3.63) is 75.6 Å². The van der Waals surface area contributed by atoms with Gasteiger partial charge in [-0.1, -0.05) is 24.3 Å². The second-order valence-corrected chi connectivity index (χ2v) is 5.92. The molecule has 0 aliphatic carbocycles. The zero-order valence-corrected chi connectivity index (χ0v) is 14.2. The number of aromatic nitrogens is 1. The van der Waals surface area contributed by atoms with Crippen molar-refractivity contribution in [3.63, 3.8) is 0 Å². The maximum atomic E-state index is 12.6. The molecule has 0 bridgehead atoms. The number of benzene rings is 2. The highest BCUT2D eigenvalue weighted by atomic mass is 16.5. The van der Waals surface area contributed by atoms with Crippen molar-refractivity contribution in [2.24, 2.45) is 0 Å². The Labute approximate surface area is 145 Å². The van der Waals surface area contributed by atoms with Crippen LogP contribution in [0, 0.1) is 6.92 Å². The number of rotatable bonds is 5. The van der Waals surface area contributed by atoms with Crippen LogP contribution in [0.3, 0.4) is 0 Å². The Morgan fingerprint density at radius 1 is 1.16 bits per heavy atom. The van der Waals surface area contributed by atoms with E-state index in [4.69, 9.17) is 4.74 Å². The highest BCUT2D eigenvalue weighted by Gasteiger charge is 2.14. The Hall–Kier alpha value is -3.08. The average Bonchev–Trinajstić information content (AvgIpc) is 2.61. The molecule has 5 heteroatoms. The Balaban J connectivity index is 2.02. The third-order valence-corrected chi connectivity index (χ3v) is 4.39. The lowest BCUT2D eigenvalue weighted by Crippen LogP contribution is -2.27. The van der Waals surface area contributed by atoms with Gasteiger partial charge in [-0.15, -0.1) is 0 Å². The Morgan fingerprint density at radius 2 is 1.92 bits per heavy atom. The molecule has 5 nitrogen and oxygen atoms in total. The molecule has 0 unspecified atom stereocenters. The molecule has 1 aromatic heterocycles. The summed E-state index contributed by atoms with van der Waals surface area (Å²) in [6.45, 7) is 2.40. The largest absolute Gasteiger partial charge is 0.497 e. The standard InChI is InChI=1S/C20H19NO4/c1-13-11-16(25-2)8-7-14(13)9-10-21-18-6-4-3-5-15(18)12-17(19(21)22)20(23)24/h3-8,11-12H,9-10H2,1-2H3,(H,23,24). The van der Waals surface area contributed by atoms with Crippen LogP contribution < -0.4 is 10.3 Å². The molecule has 1 N–H and O–H groups in total. The van der Waals surface area contributed by atoms with Crippen molar-refractivity contribution in [1.29, 1.82) is 0 Å². The van der Waals surface area contributed by atoms with Gasteiger partial charge in [0.25, 0.3) is 5.56 Å². The number of carbonyl (C=O) groups is 1. The highest BCUT2D eigenvalue weighted by molar-refractivity contribution is 5.92. The van der Waals surface area contributed by atoms with Gasteiger partial charge >= 0.3 is 5.97 Å². The van der Waals surface area contributed by atoms with Gasteiger partial charge in [0.05, 0.1) is 12.6 Å². The minimum atomic E-state index is -1.20. The first-order chi connectivity index (χ1) is 12.0. The summed E-state index contributed by atoms with van der Waals surface area (Å²) >= 11 is 0. The zero-order chi connectivity index (χ0) is 18.0. The zero-order valence-electron chi connectivity index (χ0n) is 14.2. The number of carboxylic acid groups (broad SMARTS) is 1. The van der Waals surface area contributed by atoms with E-state index in [1.54, 1.807) is 11.7 Å². The number of methoxy groups -OCH3 is 1. The summed E-state index contributed by atoms with van der Waals surface area (Å²) in [4.78, 5) is 24.0. The number of para-hydroxylation sites is 1. The van der Waals surface area contributed by atoms with E-state index in [9.17, 15) is 14.7 Å². The first-order valence-electron chi connectivity index (χ1n) is 8.00. The van der Waals surface area contributed by atoms with Crippen LogP contribution in [0.2, 0.25) is 0 Å². The van der Waals surface area contributed by atoms with Gasteiger partial charge in [-0.3, -0.25) is 4.79 Å². The van der Waals surface area contributed by atoms with Crippen LogP contribution in [0.5, 0.6) is 5.75 Å². The molecular weight excluding hydrogens is 318 g/mol. The number of fused-ring (bicyclic) bond motifs is 1. The molecule has 1 heterocycles. The Morgan fingerprint density at radius 3 is 2.60 bits per heavy atom.